The van der Waals surface area contributed by atoms with Crippen LogP contribution in [-0.2, 0) is 6.42 Å². The van der Waals surface area contributed by atoms with E-state index in [0.717, 1.165) is 5.69 Å². The summed E-state index contributed by atoms with van der Waals surface area (Å²) in [5.41, 5.74) is 6.14. The molecule has 2 nitrogen and oxygen atoms in total. The van der Waals surface area contributed by atoms with Crippen LogP contribution in [0, 0.1) is 0 Å². The maximum atomic E-state index is 5.81. The highest BCUT2D eigenvalue weighted by atomic mass is 35.5. The average molecular weight is 228 g/mol. The standard InChI is InChI=1S/C7H8Cl2N2.ClH/c8-5-3-6(9)7(1-2-10)11-4-5;/h3-4H,1-2,10H2;1H. The molecule has 0 aromatic carbocycles. The number of halogens is 3. The fraction of sp³-hybridized carbons (Fsp3) is 0.286. The van der Waals surface area contributed by atoms with Crippen molar-refractivity contribution in [2.75, 3.05) is 6.54 Å². The Kier molecular flexibility index (Phi) is 5.59. The molecule has 1 aromatic heterocycles. The summed E-state index contributed by atoms with van der Waals surface area (Å²) in [4.78, 5) is 4.02. The van der Waals surface area contributed by atoms with E-state index in [1.165, 1.54) is 0 Å². The van der Waals surface area contributed by atoms with Crippen molar-refractivity contribution in [1.82, 2.24) is 4.98 Å². The summed E-state index contributed by atoms with van der Waals surface area (Å²) in [7, 11) is 0. The van der Waals surface area contributed by atoms with E-state index in [4.69, 9.17) is 28.9 Å². The van der Waals surface area contributed by atoms with E-state index in [1.54, 1.807) is 12.3 Å². The molecule has 0 aliphatic heterocycles. The molecule has 0 aliphatic rings. The minimum Gasteiger partial charge on any atom is -0.330 e. The molecule has 12 heavy (non-hydrogen) atoms. The van der Waals surface area contributed by atoms with Crippen molar-refractivity contribution in [2.24, 2.45) is 5.73 Å². The number of rotatable bonds is 2. The Bertz CT molecular complexity index is 252. The zero-order valence-electron chi connectivity index (χ0n) is 6.26. The first kappa shape index (κ1) is 12.0. The van der Waals surface area contributed by atoms with Gasteiger partial charge in [-0.25, -0.2) is 0 Å². The van der Waals surface area contributed by atoms with Gasteiger partial charge in [0, 0.05) is 12.6 Å². The van der Waals surface area contributed by atoms with Crippen molar-refractivity contribution in [3.63, 3.8) is 0 Å². The van der Waals surface area contributed by atoms with E-state index in [1.807, 2.05) is 0 Å². The van der Waals surface area contributed by atoms with Crippen LogP contribution in [0.1, 0.15) is 5.69 Å². The molecule has 0 bridgehead atoms. The predicted octanol–water partition coefficient (Wildman–Crippen LogP) is 2.31. The van der Waals surface area contributed by atoms with Crippen LogP contribution in [0.5, 0.6) is 0 Å². The maximum Gasteiger partial charge on any atom is 0.0636 e. The van der Waals surface area contributed by atoms with E-state index in [0.29, 0.717) is 23.0 Å². The van der Waals surface area contributed by atoms with Crippen molar-refractivity contribution in [3.05, 3.63) is 28.0 Å². The maximum absolute atomic E-state index is 5.81. The Hall–Kier alpha value is -0.0200. The lowest BCUT2D eigenvalue weighted by Gasteiger charge is -2.00. The van der Waals surface area contributed by atoms with E-state index in [9.17, 15) is 0 Å². The molecule has 0 amide bonds. The topological polar surface area (TPSA) is 38.9 Å². The van der Waals surface area contributed by atoms with Gasteiger partial charge in [-0.05, 0) is 12.6 Å². The second-order valence-corrected chi connectivity index (χ2v) is 2.96. The second-order valence-electron chi connectivity index (χ2n) is 2.12. The van der Waals surface area contributed by atoms with Gasteiger partial charge in [-0.15, -0.1) is 12.4 Å². The highest BCUT2D eigenvalue weighted by Gasteiger charge is 2.00. The Balaban J connectivity index is 0.00000121. The van der Waals surface area contributed by atoms with Gasteiger partial charge >= 0.3 is 0 Å². The molecule has 0 saturated heterocycles. The zero-order chi connectivity index (χ0) is 8.27. The summed E-state index contributed by atoms with van der Waals surface area (Å²) in [5.74, 6) is 0. The van der Waals surface area contributed by atoms with Crippen molar-refractivity contribution in [1.29, 1.82) is 0 Å². The fourth-order valence-electron chi connectivity index (χ4n) is 0.764. The Morgan fingerprint density at radius 2 is 2.08 bits per heavy atom. The van der Waals surface area contributed by atoms with Gasteiger partial charge in [-0.1, -0.05) is 23.2 Å². The predicted molar refractivity (Wildman–Crippen MR) is 54.3 cm³/mol. The average Bonchev–Trinajstić information content (AvgIpc) is 1.95. The molecule has 0 unspecified atom stereocenters. The van der Waals surface area contributed by atoms with Crippen LogP contribution in [0.4, 0.5) is 0 Å². The summed E-state index contributed by atoms with van der Waals surface area (Å²) < 4.78 is 0. The number of pyridine rings is 1. The summed E-state index contributed by atoms with van der Waals surface area (Å²) in [5, 5.41) is 1.14. The molecule has 1 aromatic rings. The van der Waals surface area contributed by atoms with Crippen LogP contribution in [-0.4, -0.2) is 11.5 Å². The van der Waals surface area contributed by atoms with E-state index < -0.39 is 0 Å². The zero-order valence-corrected chi connectivity index (χ0v) is 8.59. The van der Waals surface area contributed by atoms with E-state index in [2.05, 4.69) is 4.98 Å². The Morgan fingerprint density at radius 3 is 2.58 bits per heavy atom. The molecule has 2 N–H and O–H groups in total. The van der Waals surface area contributed by atoms with Crippen LogP contribution < -0.4 is 5.73 Å². The Morgan fingerprint density at radius 1 is 1.42 bits per heavy atom. The second kappa shape index (κ2) is 5.60. The lowest BCUT2D eigenvalue weighted by molar-refractivity contribution is 0.923. The van der Waals surface area contributed by atoms with Crippen LogP contribution >= 0.6 is 35.6 Å². The van der Waals surface area contributed by atoms with Gasteiger partial charge in [0.05, 0.1) is 15.7 Å². The summed E-state index contributed by atoms with van der Waals surface area (Å²) >= 11 is 11.4. The number of hydrogen-bond acceptors (Lipinski definition) is 2. The van der Waals surface area contributed by atoms with Crippen molar-refractivity contribution in [3.8, 4) is 0 Å². The molecule has 0 spiro atoms. The molecule has 0 aliphatic carbocycles. The van der Waals surface area contributed by atoms with Crippen LogP contribution in [0.2, 0.25) is 10.0 Å². The highest BCUT2D eigenvalue weighted by molar-refractivity contribution is 6.34. The molecule has 0 saturated carbocycles. The molecule has 0 fully saturated rings. The van der Waals surface area contributed by atoms with E-state index in [-0.39, 0.29) is 12.4 Å². The van der Waals surface area contributed by atoms with Gasteiger partial charge in [0.15, 0.2) is 0 Å². The lowest BCUT2D eigenvalue weighted by atomic mass is 10.3. The third-order valence-electron chi connectivity index (χ3n) is 1.27. The van der Waals surface area contributed by atoms with Gasteiger partial charge in [0.1, 0.15) is 0 Å². The van der Waals surface area contributed by atoms with Crippen molar-refractivity contribution >= 4 is 35.6 Å². The van der Waals surface area contributed by atoms with Crippen LogP contribution in [0.3, 0.4) is 0 Å². The normalized spacial score (nSPS) is 9.25. The SMILES string of the molecule is Cl.NCCc1ncc(Cl)cc1Cl. The minimum absolute atomic E-state index is 0. The molecule has 68 valence electrons. The van der Waals surface area contributed by atoms with Gasteiger partial charge in [0.2, 0.25) is 0 Å². The number of aromatic nitrogens is 1. The van der Waals surface area contributed by atoms with Crippen molar-refractivity contribution < 1.29 is 0 Å². The highest BCUT2D eigenvalue weighted by Crippen LogP contribution is 2.18. The third kappa shape index (κ3) is 3.15. The first-order chi connectivity index (χ1) is 5.24. The third-order valence-corrected chi connectivity index (χ3v) is 1.80. The lowest BCUT2D eigenvalue weighted by Crippen LogP contribution is -2.04. The summed E-state index contributed by atoms with van der Waals surface area (Å²) in [6.07, 6.45) is 2.26. The summed E-state index contributed by atoms with van der Waals surface area (Å²) in [6.45, 7) is 0.550. The number of nitrogens with two attached hydrogens (primary N) is 1. The van der Waals surface area contributed by atoms with E-state index >= 15 is 0 Å². The molecular formula is C7H9Cl3N2. The van der Waals surface area contributed by atoms with Gasteiger partial charge in [-0.3, -0.25) is 4.98 Å². The van der Waals surface area contributed by atoms with Gasteiger partial charge in [0.25, 0.3) is 0 Å². The Labute approximate surface area is 87.5 Å². The first-order valence-corrected chi connectivity index (χ1v) is 3.99. The molecular weight excluding hydrogens is 218 g/mol. The number of hydrogen-bond donors (Lipinski definition) is 1. The minimum atomic E-state index is 0. The first-order valence-electron chi connectivity index (χ1n) is 3.24. The molecule has 0 atom stereocenters. The molecule has 1 rings (SSSR count). The smallest absolute Gasteiger partial charge is 0.0636 e. The van der Waals surface area contributed by atoms with Crippen molar-refractivity contribution in [2.45, 2.75) is 6.42 Å². The quantitative estimate of drug-likeness (QED) is 0.842. The molecule has 5 heteroatoms. The number of nitrogens with zero attached hydrogens (tertiary/aromatic N) is 1. The van der Waals surface area contributed by atoms with Gasteiger partial charge in [-0.2, -0.15) is 0 Å². The summed E-state index contributed by atoms with van der Waals surface area (Å²) in [6, 6.07) is 1.67. The molecule has 0 radical (unpaired) electrons. The largest absolute Gasteiger partial charge is 0.330 e. The monoisotopic (exact) mass is 226 g/mol. The van der Waals surface area contributed by atoms with Gasteiger partial charge < -0.3 is 5.73 Å². The van der Waals surface area contributed by atoms with Crippen LogP contribution in [0.25, 0.3) is 0 Å². The van der Waals surface area contributed by atoms with Crippen LogP contribution in [0.15, 0.2) is 12.3 Å². The molecule has 1 heterocycles. The fourth-order valence-corrected chi connectivity index (χ4v) is 1.24.